The highest BCUT2D eigenvalue weighted by Crippen LogP contribution is 2.17. The number of aromatic nitrogens is 4. The first-order chi connectivity index (χ1) is 14.6. The minimum Gasteiger partial charge on any atom is -0.347 e. The molecule has 0 aliphatic carbocycles. The van der Waals surface area contributed by atoms with Crippen LogP contribution in [0.4, 0.5) is 14.5 Å². The van der Waals surface area contributed by atoms with Gasteiger partial charge in [-0.3, -0.25) is 9.59 Å². The third kappa shape index (κ3) is 5.27. The number of benzene rings is 1. The Morgan fingerprint density at radius 1 is 0.968 bits per heavy atom. The molecule has 0 aliphatic rings. The van der Waals surface area contributed by atoms with Gasteiger partial charge in [0.2, 0.25) is 11.8 Å². The maximum absolute atomic E-state index is 13.2. The summed E-state index contributed by atoms with van der Waals surface area (Å²) >= 11 is 0. The van der Waals surface area contributed by atoms with Gasteiger partial charge in [0.05, 0.1) is 18.7 Å². The fraction of sp³-hybridized carbons (Fsp3) is 0.286. The fourth-order valence-corrected chi connectivity index (χ4v) is 3.11. The Kier molecular flexibility index (Phi) is 6.38. The number of carbonyl (C=O) groups excluding carboxylic acids is 2. The maximum atomic E-state index is 13.2. The Labute approximate surface area is 177 Å². The van der Waals surface area contributed by atoms with Gasteiger partial charge in [0.1, 0.15) is 0 Å². The van der Waals surface area contributed by atoms with E-state index >= 15 is 0 Å². The predicted octanol–water partition coefficient (Wildman–Crippen LogP) is 2.47. The molecule has 3 aromatic rings. The number of rotatable bonds is 6. The molecule has 2 aromatic heterocycles. The lowest BCUT2D eigenvalue weighted by molar-refractivity contribution is -0.123. The molecule has 10 heteroatoms. The number of nitrogens with one attached hydrogen (secondary N) is 2. The largest absolute Gasteiger partial charge is 0.347 e. The van der Waals surface area contributed by atoms with Gasteiger partial charge >= 0.3 is 0 Å². The van der Waals surface area contributed by atoms with E-state index in [4.69, 9.17) is 0 Å². The summed E-state index contributed by atoms with van der Waals surface area (Å²) in [5, 5.41) is 9.35. The smallest absolute Gasteiger partial charge is 0.251 e. The topological polar surface area (TPSA) is 102 Å². The first kappa shape index (κ1) is 22.0. The minimum absolute atomic E-state index is 0.0148. The fourth-order valence-electron chi connectivity index (χ4n) is 3.11. The highest BCUT2D eigenvalue weighted by atomic mass is 19.2. The number of halogens is 2. The third-order valence-corrected chi connectivity index (χ3v) is 4.59. The van der Waals surface area contributed by atoms with E-state index in [1.54, 1.807) is 11.6 Å². The molecule has 0 fully saturated rings. The molecule has 0 saturated heterocycles. The third-order valence-electron chi connectivity index (χ3n) is 4.59. The molecule has 0 bridgehead atoms. The molecule has 31 heavy (non-hydrogen) atoms. The molecule has 0 unspecified atom stereocenters. The van der Waals surface area contributed by atoms with Crippen molar-refractivity contribution in [2.45, 2.75) is 34.1 Å². The van der Waals surface area contributed by atoms with E-state index in [1.165, 1.54) is 6.07 Å². The van der Waals surface area contributed by atoms with Gasteiger partial charge in [-0.1, -0.05) is 0 Å². The minimum atomic E-state index is -1.07. The standard InChI is InChI=1S/C21H22F2N6O2/c1-11-7-12(2)26-21(25-11)29-14(4)16(13(3)28-29)9-19(30)24-10-20(31)27-15-5-6-17(22)18(23)8-15/h5-8H,9-10H2,1-4H3,(H,24,30)(H,27,31). The average molecular weight is 428 g/mol. The molecule has 0 atom stereocenters. The highest BCUT2D eigenvalue weighted by Gasteiger charge is 2.18. The Morgan fingerprint density at radius 2 is 1.65 bits per heavy atom. The van der Waals surface area contributed by atoms with Gasteiger partial charge in [0.25, 0.3) is 5.95 Å². The predicted molar refractivity (Wildman–Crippen MR) is 110 cm³/mol. The van der Waals surface area contributed by atoms with E-state index in [0.29, 0.717) is 17.2 Å². The first-order valence-electron chi connectivity index (χ1n) is 9.53. The second-order valence-corrected chi connectivity index (χ2v) is 7.14. The number of anilines is 1. The Morgan fingerprint density at radius 3 is 2.29 bits per heavy atom. The summed E-state index contributed by atoms with van der Waals surface area (Å²) in [4.78, 5) is 33.1. The van der Waals surface area contributed by atoms with Crippen molar-refractivity contribution >= 4 is 17.5 Å². The molecule has 0 aliphatic heterocycles. The highest BCUT2D eigenvalue weighted by molar-refractivity contribution is 5.94. The zero-order valence-electron chi connectivity index (χ0n) is 17.6. The van der Waals surface area contributed by atoms with Crippen molar-refractivity contribution in [3.8, 4) is 5.95 Å². The van der Waals surface area contributed by atoms with E-state index in [1.807, 2.05) is 26.8 Å². The molecule has 3 rings (SSSR count). The summed E-state index contributed by atoms with van der Waals surface area (Å²) in [6.07, 6.45) is 0.0148. The van der Waals surface area contributed by atoms with E-state index in [2.05, 4.69) is 25.7 Å². The van der Waals surface area contributed by atoms with E-state index in [0.717, 1.165) is 29.2 Å². The molecule has 1 aromatic carbocycles. The molecular weight excluding hydrogens is 406 g/mol. The van der Waals surface area contributed by atoms with E-state index < -0.39 is 17.5 Å². The lowest BCUT2D eigenvalue weighted by Crippen LogP contribution is -2.34. The second-order valence-electron chi connectivity index (χ2n) is 7.14. The number of aryl methyl sites for hydroxylation is 3. The number of nitrogens with zero attached hydrogens (tertiary/aromatic N) is 4. The quantitative estimate of drug-likeness (QED) is 0.628. The summed E-state index contributed by atoms with van der Waals surface area (Å²) in [6.45, 7) is 7.02. The lowest BCUT2D eigenvalue weighted by Gasteiger charge is -2.08. The zero-order valence-corrected chi connectivity index (χ0v) is 17.6. The van der Waals surface area contributed by atoms with Crippen LogP contribution < -0.4 is 10.6 Å². The van der Waals surface area contributed by atoms with Crippen molar-refractivity contribution in [1.29, 1.82) is 0 Å². The molecule has 162 valence electrons. The molecule has 2 heterocycles. The van der Waals surface area contributed by atoms with Gasteiger partial charge in [0, 0.05) is 34.4 Å². The maximum Gasteiger partial charge on any atom is 0.251 e. The molecule has 0 saturated carbocycles. The number of hydrogen-bond donors (Lipinski definition) is 2. The van der Waals surface area contributed by atoms with Crippen LogP contribution in [0.1, 0.15) is 28.3 Å². The average Bonchev–Trinajstić information content (AvgIpc) is 2.97. The Bertz CT molecular complexity index is 1140. The van der Waals surface area contributed by atoms with E-state index in [9.17, 15) is 18.4 Å². The van der Waals surface area contributed by atoms with Gasteiger partial charge in [-0.25, -0.2) is 23.4 Å². The van der Waals surface area contributed by atoms with Gasteiger partial charge in [-0.2, -0.15) is 5.10 Å². The van der Waals surface area contributed by atoms with Crippen molar-refractivity contribution < 1.29 is 18.4 Å². The molecule has 2 N–H and O–H groups in total. The van der Waals surface area contributed by atoms with Crippen molar-refractivity contribution in [3.05, 3.63) is 64.2 Å². The van der Waals surface area contributed by atoms with Crippen LogP contribution in [0, 0.1) is 39.3 Å². The molecular formula is C21H22F2N6O2. The number of amides is 2. The number of hydrogen-bond acceptors (Lipinski definition) is 5. The van der Waals surface area contributed by atoms with Gasteiger partial charge in [-0.05, 0) is 45.9 Å². The molecule has 2 amide bonds. The van der Waals surface area contributed by atoms with Gasteiger partial charge < -0.3 is 10.6 Å². The van der Waals surface area contributed by atoms with Crippen LogP contribution >= 0.6 is 0 Å². The summed E-state index contributed by atoms with van der Waals surface area (Å²) < 4.78 is 27.8. The Hall–Kier alpha value is -3.69. The van der Waals surface area contributed by atoms with Crippen LogP contribution in [-0.4, -0.2) is 38.1 Å². The van der Waals surface area contributed by atoms with Crippen molar-refractivity contribution in [2.75, 3.05) is 11.9 Å². The molecule has 0 spiro atoms. The molecule has 8 nitrogen and oxygen atoms in total. The summed E-state index contributed by atoms with van der Waals surface area (Å²) in [5.41, 5.74) is 3.80. The van der Waals surface area contributed by atoms with Crippen molar-refractivity contribution in [3.63, 3.8) is 0 Å². The first-order valence-corrected chi connectivity index (χ1v) is 9.53. The van der Waals surface area contributed by atoms with Gasteiger partial charge in [-0.15, -0.1) is 0 Å². The van der Waals surface area contributed by atoms with Crippen LogP contribution in [0.5, 0.6) is 0 Å². The lowest BCUT2D eigenvalue weighted by atomic mass is 10.1. The van der Waals surface area contributed by atoms with Crippen molar-refractivity contribution in [1.82, 2.24) is 25.1 Å². The van der Waals surface area contributed by atoms with Crippen LogP contribution in [0.25, 0.3) is 5.95 Å². The van der Waals surface area contributed by atoms with Crippen molar-refractivity contribution in [2.24, 2.45) is 0 Å². The van der Waals surface area contributed by atoms with E-state index in [-0.39, 0.29) is 24.6 Å². The number of carbonyl (C=O) groups is 2. The van der Waals surface area contributed by atoms with Crippen LogP contribution in [0.15, 0.2) is 24.3 Å². The summed E-state index contributed by atoms with van der Waals surface area (Å²) in [6, 6.07) is 4.86. The van der Waals surface area contributed by atoms with Crippen LogP contribution in [0.3, 0.4) is 0 Å². The monoisotopic (exact) mass is 428 g/mol. The Balaban J connectivity index is 1.63. The zero-order chi connectivity index (χ0) is 22.7. The SMILES string of the molecule is Cc1cc(C)nc(-n2nc(C)c(CC(=O)NCC(=O)Nc3ccc(F)c(F)c3)c2C)n1. The van der Waals surface area contributed by atoms with Crippen LogP contribution in [-0.2, 0) is 16.0 Å². The van der Waals surface area contributed by atoms with Gasteiger partial charge in [0.15, 0.2) is 11.6 Å². The van der Waals surface area contributed by atoms with Crippen LogP contribution in [0.2, 0.25) is 0 Å². The normalized spacial score (nSPS) is 10.8. The summed E-state index contributed by atoms with van der Waals surface area (Å²) in [7, 11) is 0. The summed E-state index contributed by atoms with van der Waals surface area (Å²) in [5.74, 6) is -2.60. The molecule has 0 radical (unpaired) electrons. The second kappa shape index (κ2) is 8.99.